The summed E-state index contributed by atoms with van der Waals surface area (Å²) in [4.78, 5) is 24.0. The fourth-order valence-electron chi connectivity index (χ4n) is 1.47. The molecule has 1 atom stereocenters. The lowest BCUT2D eigenvalue weighted by atomic mass is 10.3. The van der Waals surface area contributed by atoms with Gasteiger partial charge in [0.1, 0.15) is 13.2 Å². The predicted molar refractivity (Wildman–Crippen MR) is 92.7 cm³/mol. The van der Waals surface area contributed by atoms with Crippen LogP contribution in [0.1, 0.15) is 6.42 Å². The number of hydrogen-bond donors (Lipinski definition) is 0. The lowest BCUT2D eigenvalue weighted by Gasteiger charge is -2.24. The maximum atomic E-state index is 12.9. The first-order chi connectivity index (χ1) is 11.4. The number of halogens is 4. The van der Waals surface area contributed by atoms with Crippen LogP contribution in [-0.2, 0) is 32.7 Å². The van der Waals surface area contributed by atoms with Crippen LogP contribution in [0.4, 0.5) is 0 Å². The molecule has 0 aliphatic rings. The van der Waals surface area contributed by atoms with Gasteiger partial charge in [0.05, 0.1) is 31.4 Å². The van der Waals surface area contributed by atoms with E-state index in [1.807, 2.05) is 0 Å². The number of ether oxygens (including phenoxy) is 2. The molecule has 0 aromatic heterocycles. The molecule has 0 fully saturated rings. The molecule has 0 aliphatic heterocycles. The van der Waals surface area contributed by atoms with Crippen molar-refractivity contribution in [3.8, 4) is 0 Å². The van der Waals surface area contributed by atoms with Gasteiger partial charge < -0.3 is 18.5 Å². The first-order valence-corrected chi connectivity index (χ1v) is 10.6. The molecule has 0 aromatic carbocycles. The molecule has 0 rings (SSSR count). The molecular weight excluding hydrogens is 429 g/mol. The smallest absolute Gasteiger partial charge is 0.345 e. The van der Waals surface area contributed by atoms with Gasteiger partial charge in [0.25, 0.3) is 0 Å². The van der Waals surface area contributed by atoms with E-state index in [1.54, 1.807) is 0 Å². The SMILES string of the molecule is O=C(CC(C(=O)OCCCl)P(=O)(OCCCl)OCCCl)OCCCl. The fraction of sp³-hybridized carbons (Fsp3) is 0.833. The zero-order valence-corrected chi connectivity index (χ0v) is 16.7. The Labute approximate surface area is 160 Å². The van der Waals surface area contributed by atoms with Crippen molar-refractivity contribution in [1.29, 1.82) is 0 Å². The quantitative estimate of drug-likeness (QED) is 0.229. The average molecular weight is 448 g/mol. The van der Waals surface area contributed by atoms with Crippen molar-refractivity contribution in [3.63, 3.8) is 0 Å². The molecule has 12 heteroatoms. The van der Waals surface area contributed by atoms with Gasteiger partial charge in [0.2, 0.25) is 0 Å². The molecule has 0 bridgehead atoms. The van der Waals surface area contributed by atoms with Gasteiger partial charge in [-0.1, -0.05) is 0 Å². The minimum Gasteiger partial charge on any atom is -0.464 e. The number of carbonyl (C=O) groups excluding carboxylic acids is 2. The second-order valence-corrected chi connectivity index (χ2v) is 7.80. The maximum Gasteiger partial charge on any atom is 0.345 e. The van der Waals surface area contributed by atoms with Gasteiger partial charge in [0, 0.05) is 11.8 Å². The van der Waals surface area contributed by atoms with Crippen molar-refractivity contribution in [1.82, 2.24) is 0 Å². The van der Waals surface area contributed by atoms with Crippen LogP contribution in [0.2, 0.25) is 0 Å². The Morgan fingerprint density at radius 1 is 0.792 bits per heavy atom. The van der Waals surface area contributed by atoms with Crippen molar-refractivity contribution in [2.75, 3.05) is 49.9 Å². The Morgan fingerprint density at radius 2 is 1.25 bits per heavy atom. The van der Waals surface area contributed by atoms with E-state index < -0.39 is 31.6 Å². The molecule has 0 spiro atoms. The third-order valence-corrected chi connectivity index (χ3v) is 5.23. The first kappa shape index (κ1) is 24.2. The van der Waals surface area contributed by atoms with E-state index in [0.717, 1.165) is 0 Å². The summed E-state index contributed by atoms with van der Waals surface area (Å²) in [6.07, 6.45) is -0.570. The lowest BCUT2D eigenvalue weighted by molar-refractivity contribution is -0.149. The summed E-state index contributed by atoms with van der Waals surface area (Å²) in [5, 5.41) is 0. The molecule has 0 heterocycles. The maximum absolute atomic E-state index is 12.9. The van der Waals surface area contributed by atoms with E-state index in [-0.39, 0.29) is 49.9 Å². The largest absolute Gasteiger partial charge is 0.464 e. The Kier molecular flexibility index (Phi) is 14.6. The highest BCUT2D eigenvalue weighted by Gasteiger charge is 2.44. The standard InChI is InChI=1S/C12H19Cl4O7P/c13-1-5-20-11(17)9-10(12(18)21-6-2-14)24(19,22-7-3-15)23-8-4-16/h10H,1-9H2. The van der Waals surface area contributed by atoms with Crippen LogP contribution in [0, 0.1) is 0 Å². The lowest BCUT2D eigenvalue weighted by Crippen LogP contribution is -2.30. The molecular formula is C12H19Cl4O7P. The highest BCUT2D eigenvalue weighted by atomic mass is 35.5. The number of carbonyl (C=O) groups is 2. The second-order valence-electron chi connectivity index (χ2n) is 4.07. The van der Waals surface area contributed by atoms with Gasteiger partial charge in [-0.05, 0) is 0 Å². The summed E-state index contributed by atoms with van der Waals surface area (Å²) in [6, 6.07) is 0. The highest BCUT2D eigenvalue weighted by molar-refractivity contribution is 7.55. The number of hydrogen-bond acceptors (Lipinski definition) is 7. The zero-order valence-electron chi connectivity index (χ0n) is 12.8. The molecule has 7 nitrogen and oxygen atoms in total. The van der Waals surface area contributed by atoms with Gasteiger partial charge in [-0.3, -0.25) is 14.2 Å². The van der Waals surface area contributed by atoms with Crippen molar-refractivity contribution in [3.05, 3.63) is 0 Å². The van der Waals surface area contributed by atoms with Crippen LogP contribution < -0.4 is 0 Å². The predicted octanol–water partition coefficient (Wildman–Crippen LogP) is 3.01. The van der Waals surface area contributed by atoms with E-state index in [4.69, 9.17) is 64.9 Å². The highest BCUT2D eigenvalue weighted by Crippen LogP contribution is 2.54. The molecule has 0 N–H and O–H groups in total. The van der Waals surface area contributed by atoms with E-state index in [1.165, 1.54) is 0 Å². The van der Waals surface area contributed by atoms with Crippen molar-refractivity contribution in [2.24, 2.45) is 0 Å². The summed E-state index contributed by atoms with van der Waals surface area (Å²) < 4.78 is 32.8. The van der Waals surface area contributed by atoms with Gasteiger partial charge in [-0.25, -0.2) is 0 Å². The van der Waals surface area contributed by atoms with Gasteiger partial charge in [-0.2, -0.15) is 0 Å². The van der Waals surface area contributed by atoms with Crippen LogP contribution >= 0.6 is 54.0 Å². The van der Waals surface area contributed by atoms with Gasteiger partial charge in [-0.15, -0.1) is 46.4 Å². The van der Waals surface area contributed by atoms with Crippen molar-refractivity contribution in [2.45, 2.75) is 12.1 Å². The Morgan fingerprint density at radius 3 is 1.71 bits per heavy atom. The number of alkyl halides is 4. The molecule has 0 aliphatic carbocycles. The molecule has 0 aromatic rings. The third kappa shape index (κ3) is 9.66. The van der Waals surface area contributed by atoms with E-state index in [2.05, 4.69) is 0 Å². The van der Waals surface area contributed by atoms with Crippen LogP contribution in [0.15, 0.2) is 0 Å². The van der Waals surface area contributed by atoms with Crippen LogP contribution in [0.25, 0.3) is 0 Å². The van der Waals surface area contributed by atoms with Crippen LogP contribution in [-0.4, -0.2) is 67.5 Å². The summed E-state index contributed by atoms with van der Waals surface area (Å²) in [6.45, 7) is -0.494. The Balaban J connectivity index is 5.27. The molecule has 0 radical (unpaired) electrons. The van der Waals surface area contributed by atoms with Gasteiger partial charge >= 0.3 is 19.5 Å². The summed E-state index contributed by atoms with van der Waals surface area (Å²) in [7, 11) is -4.07. The third-order valence-electron chi connectivity index (χ3n) is 2.37. The second kappa shape index (κ2) is 14.4. The fourth-order valence-corrected chi connectivity index (χ4v) is 3.82. The van der Waals surface area contributed by atoms with E-state index >= 15 is 0 Å². The van der Waals surface area contributed by atoms with E-state index in [9.17, 15) is 14.2 Å². The monoisotopic (exact) mass is 446 g/mol. The molecule has 142 valence electrons. The molecule has 0 saturated heterocycles. The summed E-state index contributed by atoms with van der Waals surface area (Å²) in [5.41, 5.74) is -1.52. The number of esters is 2. The average Bonchev–Trinajstić information content (AvgIpc) is 2.58. The normalized spacial score (nSPS) is 12.7. The minimum atomic E-state index is -4.07. The topological polar surface area (TPSA) is 88.1 Å². The molecule has 0 amide bonds. The summed E-state index contributed by atoms with van der Waals surface area (Å²) >= 11 is 21.9. The van der Waals surface area contributed by atoms with Crippen LogP contribution in [0.5, 0.6) is 0 Å². The number of rotatable bonds is 14. The molecule has 24 heavy (non-hydrogen) atoms. The zero-order chi connectivity index (χ0) is 18.4. The molecule has 0 saturated carbocycles. The van der Waals surface area contributed by atoms with Crippen LogP contribution in [0.3, 0.4) is 0 Å². The Bertz CT molecular complexity index is 412. The van der Waals surface area contributed by atoms with Gasteiger partial charge in [0.15, 0.2) is 5.66 Å². The van der Waals surface area contributed by atoms with Crippen molar-refractivity contribution < 1.29 is 32.7 Å². The summed E-state index contributed by atoms with van der Waals surface area (Å²) in [5.74, 6) is -1.62. The minimum absolute atomic E-state index is 0.00830. The molecule has 1 unspecified atom stereocenters. The van der Waals surface area contributed by atoms with Crippen molar-refractivity contribution >= 4 is 65.9 Å². The Hall–Kier alpha value is 0.250. The van der Waals surface area contributed by atoms with E-state index in [0.29, 0.717) is 0 Å². The first-order valence-electron chi connectivity index (χ1n) is 6.90.